The van der Waals surface area contributed by atoms with Gasteiger partial charge < -0.3 is 14.8 Å². The van der Waals surface area contributed by atoms with Crippen LogP contribution in [0.1, 0.15) is 32.9 Å². The first kappa shape index (κ1) is 15.4. The van der Waals surface area contributed by atoms with Crippen molar-refractivity contribution in [2.45, 2.75) is 39.7 Å². The molecule has 1 N–H and O–H groups in total. The molecule has 106 valence electrons. The van der Waals surface area contributed by atoms with Crippen molar-refractivity contribution in [2.75, 3.05) is 19.0 Å². The summed E-state index contributed by atoms with van der Waals surface area (Å²) in [5.74, 6) is 0.384. The number of ether oxygens (including phenoxy) is 2. The van der Waals surface area contributed by atoms with Gasteiger partial charge >= 0.3 is 0 Å². The Morgan fingerprint density at radius 1 is 1.42 bits per heavy atom. The van der Waals surface area contributed by atoms with Gasteiger partial charge in [-0.1, -0.05) is 6.92 Å². The molecule has 1 amide bonds. The van der Waals surface area contributed by atoms with Crippen LogP contribution in [-0.4, -0.2) is 30.2 Å². The zero-order chi connectivity index (χ0) is 14.5. The summed E-state index contributed by atoms with van der Waals surface area (Å²) in [6, 6.07) is 3.53. The summed E-state index contributed by atoms with van der Waals surface area (Å²) in [4.78, 5) is 16.4. The lowest BCUT2D eigenvalue weighted by Crippen LogP contribution is -2.41. The van der Waals surface area contributed by atoms with Crippen molar-refractivity contribution >= 4 is 11.6 Å². The minimum Gasteiger partial charge on any atom is -0.478 e. The molecule has 1 rings (SSSR count). The first-order valence-electron chi connectivity index (χ1n) is 6.43. The molecule has 1 aromatic heterocycles. The predicted molar refractivity (Wildman–Crippen MR) is 74.5 cm³/mol. The second kappa shape index (κ2) is 6.52. The summed E-state index contributed by atoms with van der Waals surface area (Å²) in [5, 5.41) is 2.84. The Labute approximate surface area is 114 Å². The molecule has 1 atom stereocenters. The number of rotatable bonds is 6. The molecule has 0 aliphatic carbocycles. The topological polar surface area (TPSA) is 60.5 Å². The maximum absolute atomic E-state index is 12.2. The van der Waals surface area contributed by atoms with Gasteiger partial charge in [0.15, 0.2) is 0 Å². The standard InChI is InChI=1S/C14H22N2O3/c1-6-14(4,18-5)13(17)16-11-8-9-12(19-7-2)15-10(11)3/h8-9H,6-7H2,1-5H3,(H,16,17). The maximum atomic E-state index is 12.2. The van der Waals surface area contributed by atoms with Crippen LogP contribution in [0.15, 0.2) is 12.1 Å². The van der Waals surface area contributed by atoms with Crippen molar-refractivity contribution in [3.8, 4) is 5.88 Å². The lowest BCUT2D eigenvalue weighted by Gasteiger charge is -2.25. The van der Waals surface area contributed by atoms with E-state index in [2.05, 4.69) is 10.3 Å². The number of hydrogen-bond donors (Lipinski definition) is 1. The molecule has 0 bridgehead atoms. The van der Waals surface area contributed by atoms with E-state index < -0.39 is 5.60 Å². The maximum Gasteiger partial charge on any atom is 0.256 e. The lowest BCUT2D eigenvalue weighted by molar-refractivity contribution is -0.136. The predicted octanol–water partition coefficient (Wildman–Crippen LogP) is 2.54. The number of pyridine rings is 1. The highest BCUT2D eigenvalue weighted by Crippen LogP contribution is 2.21. The number of aromatic nitrogens is 1. The summed E-state index contributed by atoms with van der Waals surface area (Å²) in [6.07, 6.45) is 0.596. The second-order valence-electron chi connectivity index (χ2n) is 4.46. The average molecular weight is 266 g/mol. The van der Waals surface area contributed by atoms with Gasteiger partial charge in [0.2, 0.25) is 5.88 Å². The molecule has 1 heterocycles. The van der Waals surface area contributed by atoms with Crippen LogP contribution < -0.4 is 10.1 Å². The molecule has 5 heteroatoms. The van der Waals surface area contributed by atoms with Crippen LogP contribution in [0.4, 0.5) is 5.69 Å². The number of nitrogens with zero attached hydrogens (tertiary/aromatic N) is 1. The molecule has 0 saturated heterocycles. The van der Waals surface area contributed by atoms with E-state index in [1.54, 1.807) is 19.1 Å². The third kappa shape index (κ3) is 3.67. The van der Waals surface area contributed by atoms with Crippen LogP contribution in [0.3, 0.4) is 0 Å². The van der Waals surface area contributed by atoms with Crippen molar-refractivity contribution in [3.63, 3.8) is 0 Å². The van der Waals surface area contributed by atoms with Crippen molar-refractivity contribution in [2.24, 2.45) is 0 Å². The molecule has 19 heavy (non-hydrogen) atoms. The molecular weight excluding hydrogens is 244 g/mol. The van der Waals surface area contributed by atoms with Gasteiger partial charge in [0.05, 0.1) is 18.0 Å². The Morgan fingerprint density at radius 2 is 2.11 bits per heavy atom. The minimum absolute atomic E-state index is 0.174. The Morgan fingerprint density at radius 3 is 2.58 bits per heavy atom. The molecule has 0 fully saturated rings. The van der Waals surface area contributed by atoms with Gasteiger partial charge in [0.25, 0.3) is 5.91 Å². The molecule has 0 spiro atoms. The molecule has 0 radical (unpaired) electrons. The van der Waals surface area contributed by atoms with Crippen molar-refractivity contribution < 1.29 is 14.3 Å². The van der Waals surface area contributed by atoms with Crippen LogP contribution in [0, 0.1) is 6.92 Å². The Hall–Kier alpha value is -1.62. The van der Waals surface area contributed by atoms with Gasteiger partial charge in [-0.2, -0.15) is 0 Å². The molecule has 0 aliphatic heterocycles. The molecule has 1 aromatic rings. The average Bonchev–Trinajstić information content (AvgIpc) is 2.41. The second-order valence-corrected chi connectivity index (χ2v) is 4.46. The largest absolute Gasteiger partial charge is 0.478 e. The number of nitrogens with one attached hydrogen (secondary N) is 1. The van der Waals surface area contributed by atoms with Crippen LogP contribution in [0.2, 0.25) is 0 Å². The zero-order valence-corrected chi connectivity index (χ0v) is 12.2. The Balaban J connectivity index is 2.85. The molecular formula is C14H22N2O3. The Kier molecular flexibility index (Phi) is 5.30. The number of carbonyl (C=O) groups excluding carboxylic acids is 1. The summed E-state index contributed by atoms with van der Waals surface area (Å²) in [7, 11) is 1.53. The number of aryl methyl sites for hydroxylation is 1. The fourth-order valence-electron chi connectivity index (χ4n) is 1.55. The third-order valence-electron chi connectivity index (χ3n) is 3.21. The lowest BCUT2D eigenvalue weighted by atomic mass is 10.0. The SMILES string of the molecule is CCOc1ccc(NC(=O)C(C)(CC)OC)c(C)n1. The summed E-state index contributed by atoms with van der Waals surface area (Å²) >= 11 is 0. The van der Waals surface area contributed by atoms with E-state index in [-0.39, 0.29) is 5.91 Å². The minimum atomic E-state index is -0.828. The van der Waals surface area contributed by atoms with Crippen LogP contribution >= 0.6 is 0 Å². The summed E-state index contributed by atoms with van der Waals surface area (Å²) < 4.78 is 10.6. The van der Waals surface area contributed by atoms with Gasteiger partial charge in [-0.15, -0.1) is 0 Å². The fraction of sp³-hybridized carbons (Fsp3) is 0.571. The summed E-state index contributed by atoms with van der Waals surface area (Å²) in [6.45, 7) is 7.97. The quantitative estimate of drug-likeness (QED) is 0.859. The smallest absolute Gasteiger partial charge is 0.256 e. The number of amides is 1. The monoisotopic (exact) mass is 266 g/mol. The van der Waals surface area contributed by atoms with Crippen molar-refractivity contribution in [3.05, 3.63) is 17.8 Å². The van der Waals surface area contributed by atoms with Gasteiger partial charge in [-0.05, 0) is 33.3 Å². The van der Waals surface area contributed by atoms with E-state index in [0.29, 0.717) is 30.3 Å². The van der Waals surface area contributed by atoms with Crippen LogP contribution in [0.25, 0.3) is 0 Å². The Bertz CT molecular complexity index is 442. The van der Waals surface area contributed by atoms with Crippen molar-refractivity contribution in [1.82, 2.24) is 4.98 Å². The van der Waals surface area contributed by atoms with E-state index in [4.69, 9.17) is 9.47 Å². The van der Waals surface area contributed by atoms with Crippen molar-refractivity contribution in [1.29, 1.82) is 0 Å². The highest BCUT2D eigenvalue weighted by atomic mass is 16.5. The van der Waals surface area contributed by atoms with E-state index in [9.17, 15) is 4.79 Å². The highest BCUT2D eigenvalue weighted by molar-refractivity contribution is 5.97. The van der Waals surface area contributed by atoms with Gasteiger partial charge in [-0.3, -0.25) is 4.79 Å². The van der Waals surface area contributed by atoms with Crippen LogP contribution in [-0.2, 0) is 9.53 Å². The van der Waals surface area contributed by atoms with E-state index >= 15 is 0 Å². The van der Waals surface area contributed by atoms with E-state index in [1.807, 2.05) is 20.8 Å². The number of methoxy groups -OCH3 is 1. The fourth-order valence-corrected chi connectivity index (χ4v) is 1.55. The first-order chi connectivity index (χ1) is 8.96. The summed E-state index contributed by atoms with van der Waals surface area (Å²) in [5.41, 5.74) is 0.560. The normalized spacial score (nSPS) is 13.7. The zero-order valence-electron chi connectivity index (χ0n) is 12.2. The van der Waals surface area contributed by atoms with Gasteiger partial charge in [-0.25, -0.2) is 4.98 Å². The highest BCUT2D eigenvalue weighted by Gasteiger charge is 2.31. The van der Waals surface area contributed by atoms with Gasteiger partial charge in [0, 0.05) is 13.2 Å². The van der Waals surface area contributed by atoms with E-state index in [1.165, 1.54) is 7.11 Å². The molecule has 0 aromatic carbocycles. The van der Waals surface area contributed by atoms with Crippen LogP contribution in [0.5, 0.6) is 5.88 Å². The molecule has 0 saturated carbocycles. The number of hydrogen-bond acceptors (Lipinski definition) is 4. The van der Waals surface area contributed by atoms with Gasteiger partial charge in [0.1, 0.15) is 5.60 Å². The molecule has 0 aliphatic rings. The molecule has 5 nitrogen and oxygen atoms in total. The first-order valence-corrected chi connectivity index (χ1v) is 6.43. The third-order valence-corrected chi connectivity index (χ3v) is 3.21. The van der Waals surface area contributed by atoms with E-state index in [0.717, 1.165) is 0 Å². The number of anilines is 1. The number of carbonyl (C=O) groups is 1. The molecule has 1 unspecified atom stereocenters.